The molecule has 4 nitrogen and oxygen atoms in total. The lowest BCUT2D eigenvalue weighted by Gasteiger charge is -2.14. The van der Waals surface area contributed by atoms with Crippen molar-refractivity contribution < 1.29 is 4.79 Å². The van der Waals surface area contributed by atoms with E-state index in [0.717, 1.165) is 27.8 Å². The third kappa shape index (κ3) is 3.97. The van der Waals surface area contributed by atoms with Crippen molar-refractivity contribution in [2.75, 3.05) is 0 Å². The van der Waals surface area contributed by atoms with Crippen LogP contribution >= 0.6 is 15.9 Å². The van der Waals surface area contributed by atoms with Gasteiger partial charge in [0.1, 0.15) is 0 Å². The molecule has 0 aliphatic heterocycles. The first kappa shape index (κ1) is 16.7. The van der Waals surface area contributed by atoms with Gasteiger partial charge in [-0.3, -0.25) is 9.48 Å². The highest BCUT2D eigenvalue weighted by Gasteiger charge is 2.13. The van der Waals surface area contributed by atoms with E-state index in [0.29, 0.717) is 6.42 Å². The molecule has 1 amide bonds. The Kier molecular flexibility index (Phi) is 5.40. The number of benzene rings is 1. The van der Waals surface area contributed by atoms with Crippen molar-refractivity contribution in [3.05, 3.63) is 51.3 Å². The zero-order valence-corrected chi connectivity index (χ0v) is 15.1. The summed E-state index contributed by atoms with van der Waals surface area (Å²) in [4.78, 5) is 12.1. The van der Waals surface area contributed by atoms with Crippen LogP contribution in [0.4, 0.5) is 0 Å². The minimum Gasteiger partial charge on any atom is -0.350 e. The van der Waals surface area contributed by atoms with Gasteiger partial charge in [0.15, 0.2) is 0 Å². The van der Waals surface area contributed by atoms with Crippen LogP contribution in [0, 0.1) is 13.8 Å². The quantitative estimate of drug-likeness (QED) is 0.881. The largest absolute Gasteiger partial charge is 0.350 e. The predicted molar refractivity (Wildman–Crippen MR) is 91.7 cm³/mol. The average molecular weight is 364 g/mol. The monoisotopic (exact) mass is 363 g/mol. The van der Waals surface area contributed by atoms with E-state index in [1.54, 1.807) is 0 Å². The van der Waals surface area contributed by atoms with Gasteiger partial charge in [0.2, 0.25) is 5.91 Å². The standard InChI is InChI=1S/C17H22BrN3O/c1-11(14-5-7-15(18)8-6-14)19-17(22)10-9-16-12(2)20-21(4)13(16)3/h5-8,11H,9-10H2,1-4H3,(H,19,22). The van der Waals surface area contributed by atoms with E-state index in [9.17, 15) is 4.79 Å². The molecule has 1 atom stereocenters. The second-order valence-electron chi connectivity index (χ2n) is 5.61. The summed E-state index contributed by atoms with van der Waals surface area (Å²) in [6.07, 6.45) is 1.21. The number of halogens is 1. The molecule has 118 valence electrons. The van der Waals surface area contributed by atoms with Gasteiger partial charge in [0, 0.05) is 23.6 Å². The minimum atomic E-state index is 0.0108. The van der Waals surface area contributed by atoms with Crippen LogP contribution in [-0.4, -0.2) is 15.7 Å². The molecule has 0 spiro atoms. The average Bonchev–Trinajstić information content (AvgIpc) is 2.70. The molecule has 1 unspecified atom stereocenters. The Labute approximate surface area is 140 Å². The van der Waals surface area contributed by atoms with Crippen LogP contribution in [-0.2, 0) is 18.3 Å². The van der Waals surface area contributed by atoms with E-state index < -0.39 is 0 Å². The van der Waals surface area contributed by atoms with Crippen molar-refractivity contribution in [2.45, 2.75) is 39.7 Å². The highest BCUT2D eigenvalue weighted by molar-refractivity contribution is 9.10. The van der Waals surface area contributed by atoms with E-state index in [-0.39, 0.29) is 11.9 Å². The molecule has 0 fully saturated rings. The van der Waals surface area contributed by atoms with Gasteiger partial charge in [-0.1, -0.05) is 28.1 Å². The van der Waals surface area contributed by atoms with E-state index in [2.05, 4.69) is 26.3 Å². The Hall–Kier alpha value is -1.62. The first-order valence-corrected chi connectivity index (χ1v) is 8.21. The molecule has 1 N–H and O–H groups in total. The summed E-state index contributed by atoms with van der Waals surface area (Å²) in [5, 5.41) is 7.44. The second kappa shape index (κ2) is 7.09. The molecule has 1 aromatic carbocycles. The Morgan fingerprint density at radius 1 is 1.32 bits per heavy atom. The second-order valence-corrected chi connectivity index (χ2v) is 6.53. The third-order valence-electron chi connectivity index (χ3n) is 4.01. The molecule has 5 heteroatoms. The van der Waals surface area contributed by atoms with Crippen LogP contribution in [0.15, 0.2) is 28.7 Å². The third-order valence-corrected chi connectivity index (χ3v) is 4.54. The Morgan fingerprint density at radius 3 is 2.50 bits per heavy atom. The molecule has 2 aromatic rings. The van der Waals surface area contributed by atoms with Crippen LogP contribution in [0.5, 0.6) is 0 Å². The number of nitrogens with zero attached hydrogens (tertiary/aromatic N) is 2. The van der Waals surface area contributed by atoms with Crippen molar-refractivity contribution in [1.29, 1.82) is 0 Å². The first-order valence-electron chi connectivity index (χ1n) is 7.42. The number of amides is 1. The summed E-state index contributed by atoms with van der Waals surface area (Å²) in [5.74, 6) is 0.0677. The number of nitrogens with one attached hydrogen (secondary N) is 1. The topological polar surface area (TPSA) is 46.9 Å². The van der Waals surface area contributed by atoms with Gasteiger partial charge in [-0.2, -0.15) is 5.10 Å². The Morgan fingerprint density at radius 2 is 1.95 bits per heavy atom. The summed E-state index contributed by atoms with van der Waals surface area (Å²) in [7, 11) is 1.93. The van der Waals surface area contributed by atoms with Gasteiger partial charge in [-0.05, 0) is 50.5 Å². The van der Waals surface area contributed by atoms with Crippen molar-refractivity contribution in [2.24, 2.45) is 7.05 Å². The summed E-state index contributed by atoms with van der Waals surface area (Å²) in [6.45, 7) is 6.03. The maximum Gasteiger partial charge on any atom is 0.220 e. The smallest absolute Gasteiger partial charge is 0.220 e. The minimum absolute atomic E-state index is 0.0108. The zero-order chi connectivity index (χ0) is 16.3. The number of carbonyl (C=O) groups excluding carboxylic acids is 1. The molecule has 22 heavy (non-hydrogen) atoms. The van der Waals surface area contributed by atoms with Gasteiger partial charge in [-0.25, -0.2) is 0 Å². The van der Waals surface area contributed by atoms with E-state index in [1.165, 1.54) is 5.56 Å². The lowest BCUT2D eigenvalue weighted by atomic mass is 10.1. The number of aryl methyl sites for hydroxylation is 2. The summed E-state index contributed by atoms with van der Waals surface area (Å²) < 4.78 is 2.91. The maximum atomic E-state index is 12.1. The van der Waals surface area contributed by atoms with Crippen LogP contribution < -0.4 is 5.32 Å². The van der Waals surface area contributed by atoms with Crippen LogP contribution in [0.25, 0.3) is 0 Å². The van der Waals surface area contributed by atoms with Crippen molar-refractivity contribution in [3.8, 4) is 0 Å². The number of hydrogen-bond acceptors (Lipinski definition) is 2. The number of rotatable bonds is 5. The summed E-state index contributed by atoms with van der Waals surface area (Å²) >= 11 is 3.42. The molecular weight excluding hydrogens is 342 g/mol. The van der Waals surface area contributed by atoms with Crippen LogP contribution in [0.2, 0.25) is 0 Å². The van der Waals surface area contributed by atoms with Gasteiger partial charge in [0.25, 0.3) is 0 Å². The molecular formula is C17H22BrN3O. The molecule has 0 bridgehead atoms. The summed E-state index contributed by atoms with van der Waals surface area (Å²) in [6, 6.07) is 8.02. The van der Waals surface area contributed by atoms with Crippen molar-refractivity contribution in [3.63, 3.8) is 0 Å². The number of hydrogen-bond donors (Lipinski definition) is 1. The highest BCUT2D eigenvalue weighted by Crippen LogP contribution is 2.17. The maximum absolute atomic E-state index is 12.1. The molecule has 0 saturated carbocycles. The SMILES string of the molecule is Cc1nn(C)c(C)c1CCC(=O)NC(C)c1ccc(Br)cc1. The van der Waals surface area contributed by atoms with E-state index >= 15 is 0 Å². The molecule has 0 saturated heterocycles. The fraction of sp³-hybridized carbons (Fsp3) is 0.412. The highest BCUT2D eigenvalue weighted by atomic mass is 79.9. The molecule has 0 aliphatic rings. The zero-order valence-electron chi connectivity index (χ0n) is 13.5. The Balaban J connectivity index is 1.91. The molecule has 1 heterocycles. The first-order chi connectivity index (χ1) is 10.4. The van der Waals surface area contributed by atoms with E-state index in [1.807, 2.05) is 56.8 Å². The number of carbonyl (C=O) groups is 1. The van der Waals surface area contributed by atoms with Crippen molar-refractivity contribution >= 4 is 21.8 Å². The molecule has 0 aliphatic carbocycles. The number of aromatic nitrogens is 2. The normalized spacial score (nSPS) is 12.2. The van der Waals surface area contributed by atoms with Crippen LogP contribution in [0.3, 0.4) is 0 Å². The van der Waals surface area contributed by atoms with Gasteiger partial charge < -0.3 is 5.32 Å². The fourth-order valence-electron chi connectivity index (χ4n) is 2.57. The predicted octanol–water partition coefficient (Wildman–Crippen LogP) is 3.61. The lowest BCUT2D eigenvalue weighted by Crippen LogP contribution is -2.26. The van der Waals surface area contributed by atoms with Gasteiger partial charge in [-0.15, -0.1) is 0 Å². The molecule has 2 rings (SSSR count). The van der Waals surface area contributed by atoms with E-state index in [4.69, 9.17) is 0 Å². The fourth-order valence-corrected chi connectivity index (χ4v) is 2.83. The summed E-state index contributed by atoms with van der Waals surface area (Å²) in [5.41, 5.74) is 4.42. The van der Waals surface area contributed by atoms with Crippen molar-refractivity contribution in [1.82, 2.24) is 15.1 Å². The lowest BCUT2D eigenvalue weighted by molar-refractivity contribution is -0.121. The van der Waals surface area contributed by atoms with Crippen LogP contribution in [0.1, 0.15) is 41.9 Å². The van der Waals surface area contributed by atoms with Gasteiger partial charge >= 0.3 is 0 Å². The Bertz CT molecular complexity index is 661. The van der Waals surface area contributed by atoms with Gasteiger partial charge in [0.05, 0.1) is 11.7 Å². The molecule has 1 aromatic heterocycles. The molecule has 0 radical (unpaired) electrons.